The fourth-order valence-corrected chi connectivity index (χ4v) is 2.36. The average molecular weight is 220 g/mol. The lowest BCUT2D eigenvalue weighted by Crippen LogP contribution is -1.79. The molecule has 0 nitrogen and oxygen atoms in total. The molecule has 0 aliphatic carbocycles. The molecule has 1 rings (SSSR count). The smallest absolute Gasteiger partial charge is 0.00779 e. The zero-order valence-corrected chi connectivity index (χ0v) is 10.5. The monoisotopic (exact) mass is 220 g/mol. The molecule has 82 valence electrons. The van der Waals surface area contributed by atoms with E-state index in [2.05, 4.69) is 50.3 Å². The molecular formula is C14H20S. The molecule has 0 saturated carbocycles. The zero-order chi connectivity index (χ0) is 10.9. The third kappa shape index (κ3) is 5.08. The molecule has 0 atom stereocenters. The molecule has 0 spiro atoms. The van der Waals surface area contributed by atoms with Crippen LogP contribution < -0.4 is 0 Å². The molecule has 0 bridgehead atoms. The van der Waals surface area contributed by atoms with Crippen LogP contribution in [0.4, 0.5) is 0 Å². The molecule has 0 fully saturated rings. The zero-order valence-electron chi connectivity index (χ0n) is 9.70. The highest BCUT2D eigenvalue weighted by atomic mass is 32.2. The van der Waals surface area contributed by atoms with E-state index in [1.165, 1.54) is 29.1 Å². The van der Waals surface area contributed by atoms with Gasteiger partial charge in [0.25, 0.3) is 0 Å². The van der Waals surface area contributed by atoms with Crippen LogP contribution in [-0.2, 0) is 0 Å². The van der Waals surface area contributed by atoms with E-state index < -0.39 is 0 Å². The first-order valence-electron chi connectivity index (χ1n) is 5.76. The Morgan fingerprint density at radius 2 is 2.13 bits per heavy atom. The van der Waals surface area contributed by atoms with Crippen molar-refractivity contribution in [1.29, 1.82) is 0 Å². The summed E-state index contributed by atoms with van der Waals surface area (Å²) in [5.41, 5.74) is 1.32. The third-order valence-electron chi connectivity index (χ3n) is 2.17. The van der Waals surface area contributed by atoms with Gasteiger partial charge in [-0.2, -0.15) is 0 Å². The fourth-order valence-electron chi connectivity index (χ4n) is 1.30. The molecule has 0 aliphatic heterocycles. The number of rotatable bonds is 6. The first-order valence-corrected chi connectivity index (χ1v) is 6.74. The molecule has 1 aromatic carbocycles. The van der Waals surface area contributed by atoms with Crippen molar-refractivity contribution in [2.45, 2.75) is 38.0 Å². The van der Waals surface area contributed by atoms with Crippen molar-refractivity contribution in [1.82, 2.24) is 0 Å². The van der Waals surface area contributed by atoms with Gasteiger partial charge >= 0.3 is 0 Å². The average Bonchev–Trinajstić information content (AvgIpc) is 2.27. The van der Waals surface area contributed by atoms with Crippen LogP contribution >= 0.6 is 11.8 Å². The highest BCUT2D eigenvalue weighted by molar-refractivity contribution is 7.99. The Balaban J connectivity index is 2.53. The summed E-state index contributed by atoms with van der Waals surface area (Å²) in [5.74, 6) is 1.23. The van der Waals surface area contributed by atoms with E-state index in [1.807, 2.05) is 11.8 Å². The second-order valence-corrected chi connectivity index (χ2v) is 4.75. The first kappa shape index (κ1) is 12.4. The van der Waals surface area contributed by atoms with Crippen LogP contribution in [0.5, 0.6) is 0 Å². The van der Waals surface area contributed by atoms with Crippen molar-refractivity contribution < 1.29 is 0 Å². The minimum absolute atomic E-state index is 1.10. The maximum atomic E-state index is 2.27. The summed E-state index contributed by atoms with van der Waals surface area (Å²) < 4.78 is 0. The molecule has 15 heavy (non-hydrogen) atoms. The van der Waals surface area contributed by atoms with Crippen molar-refractivity contribution in [3.63, 3.8) is 0 Å². The van der Waals surface area contributed by atoms with Gasteiger partial charge in [-0.05, 0) is 36.3 Å². The van der Waals surface area contributed by atoms with Crippen molar-refractivity contribution in [3.8, 4) is 0 Å². The molecule has 0 amide bonds. The second-order valence-electron chi connectivity index (χ2n) is 3.59. The van der Waals surface area contributed by atoms with E-state index >= 15 is 0 Å². The maximum absolute atomic E-state index is 2.27. The van der Waals surface area contributed by atoms with Gasteiger partial charge in [-0.15, -0.1) is 11.8 Å². The number of allylic oxidation sites excluding steroid dienone is 1. The van der Waals surface area contributed by atoms with Crippen molar-refractivity contribution in [2.24, 2.45) is 0 Å². The van der Waals surface area contributed by atoms with Crippen LogP contribution in [0.3, 0.4) is 0 Å². The van der Waals surface area contributed by atoms with E-state index in [4.69, 9.17) is 0 Å². The summed E-state index contributed by atoms with van der Waals surface area (Å²) in [6.45, 7) is 4.40. The lowest BCUT2D eigenvalue weighted by atomic mass is 10.2. The third-order valence-corrected chi connectivity index (χ3v) is 3.25. The fraction of sp³-hybridized carbons (Fsp3) is 0.429. The van der Waals surface area contributed by atoms with E-state index in [-0.39, 0.29) is 0 Å². The van der Waals surface area contributed by atoms with Crippen molar-refractivity contribution in [3.05, 3.63) is 35.9 Å². The Bertz CT molecular complexity index is 302. The van der Waals surface area contributed by atoms with Gasteiger partial charge in [0, 0.05) is 4.90 Å². The SMILES string of the molecule is CCC=Cc1cccc(SCCCC)c1. The van der Waals surface area contributed by atoms with Gasteiger partial charge in [-0.3, -0.25) is 0 Å². The van der Waals surface area contributed by atoms with Gasteiger partial charge in [0.2, 0.25) is 0 Å². The van der Waals surface area contributed by atoms with Gasteiger partial charge in [-0.1, -0.05) is 44.6 Å². The number of hydrogen-bond acceptors (Lipinski definition) is 1. The quantitative estimate of drug-likeness (QED) is 0.480. The molecule has 1 heteroatoms. The maximum Gasteiger partial charge on any atom is 0.00779 e. The number of hydrogen-bond donors (Lipinski definition) is 0. The molecular weight excluding hydrogens is 200 g/mol. The van der Waals surface area contributed by atoms with Crippen LogP contribution in [-0.4, -0.2) is 5.75 Å². The molecule has 0 unspecified atom stereocenters. The van der Waals surface area contributed by atoms with Gasteiger partial charge in [0.05, 0.1) is 0 Å². The Labute approximate surface area is 97.8 Å². The minimum Gasteiger partial charge on any atom is -0.126 e. The Morgan fingerprint density at radius 1 is 1.27 bits per heavy atom. The van der Waals surface area contributed by atoms with Gasteiger partial charge in [0.1, 0.15) is 0 Å². The highest BCUT2D eigenvalue weighted by Gasteiger charge is 1.94. The number of benzene rings is 1. The van der Waals surface area contributed by atoms with E-state index in [1.54, 1.807) is 0 Å². The topological polar surface area (TPSA) is 0 Å². The molecule has 0 N–H and O–H groups in total. The predicted molar refractivity (Wildman–Crippen MR) is 71.4 cm³/mol. The molecule has 1 aromatic rings. The summed E-state index contributed by atoms with van der Waals surface area (Å²) in [6, 6.07) is 8.77. The van der Waals surface area contributed by atoms with E-state index in [0.717, 1.165) is 6.42 Å². The number of unbranched alkanes of at least 4 members (excludes halogenated alkanes) is 1. The summed E-state index contributed by atoms with van der Waals surface area (Å²) in [6.07, 6.45) is 8.09. The largest absolute Gasteiger partial charge is 0.126 e. The highest BCUT2D eigenvalue weighted by Crippen LogP contribution is 2.21. The normalized spacial score (nSPS) is 11.1. The Kier molecular flexibility index (Phi) is 6.26. The number of thioether (sulfide) groups is 1. The summed E-state index contributed by atoms with van der Waals surface area (Å²) in [4.78, 5) is 1.39. The first-order chi connectivity index (χ1) is 7.36. The van der Waals surface area contributed by atoms with Crippen LogP contribution in [0, 0.1) is 0 Å². The Morgan fingerprint density at radius 3 is 2.87 bits per heavy atom. The predicted octanol–water partition coefficient (Wildman–Crippen LogP) is 5.00. The van der Waals surface area contributed by atoms with Gasteiger partial charge in [0.15, 0.2) is 0 Å². The lowest BCUT2D eigenvalue weighted by Gasteiger charge is -2.01. The molecule has 0 radical (unpaired) electrons. The summed E-state index contributed by atoms with van der Waals surface area (Å²) in [5, 5.41) is 0. The van der Waals surface area contributed by atoms with Gasteiger partial charge in [-0.25, -0.2) is 0 Å². The lowest BCUT2D eigenvalue weighted by molar-refractivity contribution is 0.896. The van der Waals surface area contributed by atoms with Crippen LogP contribution in [0.1, 0.15) is 38.7 Å². The Hall–Kier alpha value is -0.690. The molecule has 0 aliphatic rings. The standard InChI is InChI=1S/C14H20S/c1-3-5-8-13-9-7-10-14(12-13)15-11-6-4-2/h5,7-10,12H,3-4,6,11H2,1-2H3. The summed E-state index contributed by atoms with van der Waals surface area (Å²) >= 11 is 1.96. The van der Waals surface area contributed by atoms with E-state index in [0.29, 0.717) is 0 Å². The summed E-state index contributed by atoms with van der Waals surface area (Å²) in [7, 11) is 0. The molecule has 0 saturated heterocycles. The van der Waals surface area contributed by atoms with Crippen LogP contribution in [0.25, 0.3) is 6.08 Å². The molecule has 0 heterocycles. The second kappa shape index (κ2) is 7.58. The van der Waals surface area contributed by atoms with Gasteiger partial charge < -0.3 is 0 Å². The molecule has 0 aromatic heterocycles. The van der Waals surface area contributed by atoms with Crippen molar-refractivity contribution >= 4 is 17.8 Å². The van der Waals surface area contributed by atoms with Crippen LogP contribution in [0.2, 0.25) is 0 Å². The van der Waals surface area contributed by atoms with Crippen LogP contribution in [0.15, 0.2) is 35.2 Å². The van der Waals surface area contributed by atoms with Crippen molar-refractivity contribution in [2.75, 3.05) is 5.75 Å². The minimum atomic E-state index is 1.10. The van der Waals surface area contributed by atoms with E-state index in [9.17, 15) is 0 Å².